The van der Waals surface area contributed by atoms with Gasteiger partial charge in [0.25, 0.3) is 5.91 Å². The Bertz CT molecular complexity index is 995. The minimum atomic E-state index is -0.745. The van der Waals surface area contributed by atoms with Crippen LogP contribution in [0.1, 0.15) is 42.1 Å². The number of fused-ring (bicyclic) bond motifs is 1. The van der Waals surface area contributed by atoms with Gasteiger partial charge in [-0.1, -0.05) is 50.2 Å². The molecule has 5 heteroatoms. The van der Waals surface area contributed by atoms with Crippen LogP contribution < -0.4 is 5.32 Å². The highest BCUT2D eigenvalue weighted by molar-refractivity contribution is 6.00. The zero-order chi connectivity index (χ0) is 20.1. The number of carbonyl (C=O) groups is 2. The average molecular weight is 377 g/mol. The lowest BCUT2D eigenvalue weighted by atomic mass is 9.99. The van der Waals surface area contributed by atoms with Gasteiger partial charge in [-0.2, -0.15) is 0 Å². The highest BCUT2D eigenvalue weighted by Gasteiger charge is 2.15. The van der Waals surface area contributed by atoms with Crippen molar-refractivity contribution in [2.75, 3.05) is 11.9 Å². The first-order valence-corrected chi connectivity index (χ1v) is 9.26. The second-order valence-electron chi connectivity index (χ2n) is 6.77. The van der Waals surface area contributed by atoms with E-state index in [0.717, 1.165) is 17.2 Å². The normalized spacial score (nSPS) is 11.8. The molecule has 0 unspecified atom stereocenters. The van der Waals surface area contributed by atoms with Crippen LogP contribution in [0.25, 0.3) is 10.8 Å². The zero-order valence-corrected chi connectivity index (χ0v) is 15.9. The van der Waals surface area contributed by atoms with Crippen LogP contribution in [0.4, 0.5) is 5.69 Å². The smallest absolute Gasteiger partial charge is 0.342 e. The number of esters is 1. The lowest BCUT2D eigenvalue weighted by Crippen LogP contribution is -2.21. The van der Waals surface area contributed by atoms with Crippen molar-refractivity contribution in [3.05, 3.63) is 71.8 Å². The van der Waals surface area contributed by atoms with Crippen LogP contribution in [0.3, 0.4) is 0 Å². The van der Waals surface area contributed by atoms with Crippen LogP contribution in [-0.4, -0.2) is 23.6 Å². The topological polar surface area (TPSA) is 75.6 Å². The Kier molecular flexibility index (Phi) is 5.94. The summed E-state index contributed by atoms with van der Waals surface area (Å²) in [6.07, 6.45) is 1.04. The van der Waals surface area contributed by atoms with E-state index in [-0.39, 0.29) is 11.3 Å². The molecule has 144 valence electrons. The molecule has 0 aliphatic rings. The van der Waals surface area contributed by atoms with E-state index >= 15 is 0 Å². The summed E-state index contributed by atoms with van der Waals surface area (Å²) in [7, 11) is 0. The van der Waals surface area contributed by atoms with Gasteiger partial charge in [0, 0.05) is 5.69 Å². The van der Waals surface area contributed by atoms with Gasteiger partial charge in [-0.25, -0.2) is 4.79 Å². The van der Waals surface area contributed by atoms with Gasteiger partial charge in [0.2, 0.25) is 0 Å². The summed E-state index contributed by atoms with van der Waals surface area (Å²) in [6, 6.07) is 18.0. The van der Waals surface area contributed by atoms with E-state index in [2.05, 4.69) is 19.2 Å². The van der Waals surface area contributed by atoms with E-state index in [0.29, 0.717) is 11.6 Å². The highest BCUT2D eigenvalue weighted by atomic mass is 16.5. The molecule has 5 nitrogen and oxygen atoms in total. The van der Waals surface area contributed by atoms with Crippen LogP contribution in [0.2, 0.25) is 0 Å². The lowest BCUT2D eigenvalue weighted by molar-refractivity contribution is -0.119. The fourth-order valence-electron chi connectivity index (χ4n) is 2.93. The van der Waals surface area contributed by atoms with Crippen molar-refractivity contribution in [1.29, 1.82) is 0 Å². The molecule has 2 N–H and O–H groups in total. The maximum absolute atomic E-state index is 12.3. The molecule has 0 spiro atoms. The predicted molar refractivity (Wildman–Crippen MR) is 110 cm³/mol. The number of rotatable bonds is 6. The fourth-order valence-corrected chi connectivity index (χ4v) is 2.93. The SMILES string of the molecule is CC[C@@H](C)c1ccc(NC(=O)COC(=O)c2cc3ccccc3cc2O)cc1. The number of benzene rings is 3. The van der Waals surface area contributed by atoms with E-state index in [1.165, 1.54) is 11.6 Å². The van der Waals surface area contributed by atoms with Gasteiger partial charge in [0.15, 0.2) is 6.61 Å². The Balaban J connectivity index is 1.60. The van der Waals surface area contributed by atoms with Crippen molar-refractivity contribution in [2.45, 2.75) is 26.2 Å². The Morgan fingerprint density at radius 1 is 1.04 bits per heavy atom. The number of amides is 1. The number of hydrogen-bond donors (Lipinski definition) is 2. The number of ether oxygens (including phenoxy) is 1. The number of phenols is 1. The number of phenolic OH excluding ortho intramolecular Hbond substituents is 1. The molecule has 0 aliphatic carbocycles. The lowest BCUT2D eigenvalue weighted by Gasteiger charge is -2.11. The molecule has 0 saturated carbocycles. The van der Waals surface area contributed by atoms with Gasteiger partial charge >= 0.3 is 5.97 Å². The Morgan fingerprint density at radius 3 is 2.32 bits per heavy atom. The number of nitrogens with one attached hydrogen (secondary N) is 1. The van der Waals surface area contributed by atoms with Gasteiger partial charge in [0.1, 0.15) is 11.3 Å². The summed E-state index contributed by atoms with van der Waals surface area (Å²) in [6.45, 7) is 3.84. The molecule has 28 heavy (non-hydrogen) atoms. The van der Waals surface area contributed by atoms with Crippen molar-refractivity contribution < 1.29 is 19.4 Å². The Hall–Kier alpha value is -3.34. The van der Waals surface area contributed by atoms with Gasteiger partial charge in [-0.3, -0.25) is 4.79 Å². The van der Waals surface area contributed by atoms with Crippen molar-refractivity contribution in [2.24, 2.45) is 0 Å². The molecule has 0 aromatic heterocycles. The van der Waals surface area contributed by atoms with Crippen molar-refractivity contribution in [3.8, 4) is 5.75 Å². The first-order chi connectivity index (χ1) is 13.5. The molecular weight excluding hydrogens is 354 g/mol. The standard InChI is InChI=1S/C23H23NO4/c1-3-15(2)16-8-10-19(11-9-16)24-22(26)14-28-23(27)20-12-17-6-4-5-7-18(17)13-21(20)25/h4-13,15,25H,3,14H2,1-2H3,(H,24,26)/t15-/m1/s1. The van der Waals surface area contributed by atoms with Gasteiger partial charge < -0.3 is 15.2 Å². The second kappa shape index (κ2) is 8.57. The zero-order valence-electron chi connectivity index (χ0n) is 15.9. The maximum atomic E-state index is 12.3. The van der Waals surface area contributed by atoms with Crippen LogP contribution >= 0.6 is 0 Å². The summed E-state index contributed by atoms with van der Waals surface area (Å²) < 4.78 is 5.06. The fraction of sp³-hybridized carbons (Fsp3) is 0.217. The largest absolute Gasteiger partial charge is 0.507 e. The number of hydrogen-bond acceptors (Lipinski definition) is 4. The molecule has 1 atom stereocenters. The van der Waals surface area contributed by atoms with Gasteiger partial charge in [-0.05, 0) is 52.9 Å². The maximum Gasteiger partial charge on any atom is 0.342 e. The van der Waals surface area contributed by atoms with Crippen LogP contribution in [-0.2, 0) is 9.53 Å². The molecular formula is C23H23NO4. The summed E-state index contributed by atoms with van der Waals surface area (Å²) >= 11 is 0. The molecule has 0 saturated heterocycles. The van der Waals surface area contributed by atoms with Crippen LogP contribution in [0, 0.1) is 0 Å². The van der Waals surface area contributed by atoms with E-state index in [9.17, 15) is 14.7 Å². The summed E-state index contributed by atoms with van der Waals surface area (Å²) in [5.41, 5.74) is 1.88. The Labute approximate surface area is 164 Å². The summed E-state index contributed by atoms with van der Waals surface area (Å²) in [5.74, 6) is -0.902. The predicted octanol–water partition coefficient (Wildman–Crippen LogP) is 4.85. The third-order valence-corrected chi connectivity index (χ3v) is 4.79. The average Bonchev–Trinajstić information content (AvgIpc) is 2.71. The first-order valence-electron chi connectivity index (χ1n) is 9.26. The second-order valence-corrected chi connectivity index (χ2v) is 6.77. The minimum absolute atomic E-state index is 0.0319. The molecule has 0 heterocycles. The van der Waals surface area contributed by atoms with Crippen molar-refractivity contribution in [3.63, 3.8) is 0 Å². The molecule has 0 radical (unpaired) electrons. The van der Waals surface area contributed by atoms with E-state index in [1.54, 1.807) is 6.07 Å². The molecule has 0 fully saturated rings. The summed E-state index contributed by atoms with van der Waals surface area (Å²) in [5, 5.41) is 14.4. The van der Waals surface area contributed by atoms with E-state index in [1.807, 2.05) is 48.5 Å². The number of anilines is 1. The Morgan fingerprint density at radius 2 is 1.68 bits per heavy atom. The third kappa shape index (κ3) is 4.49. The first kappa shape index (κ1) is 19.4. The van der Waals surface area contributed by atoms with Gasteiger partial charge in [0.05, 0.1) is 0 Å². The van der Waals surface area contributed by atoms with Crippen LogP contribution in [0.5, 0.6) is 5.75 Å². The summed E-state index contributed by atoms with van der Waals surface area (Å²) in [4.78, 5) is 24.3. The van der Waals surface area contributed by atoms with Gasteiger partial charge in [-0.15, -0.1) is 0 Å². The third-order valence-electron chi connectivity index (χ3n) is 4.79. The molecule has 3 aromatic rings. The minimum Gasteiger partial charge on any atom is -0.507 e. The molecule has 0 bridgehead atoms. The number of carbonyl (C=O) groups excluding carboxylic acids is 2. The van der Waals surface area contributed by atoms with E-state index < -0.39 is 18.5 Å². The van der Waals surface area contributed by atoms with E-state index in [4.69, 9.17) is 4.74 Å². The monoisotopic (exact) mass is 377 g/mol. The van der Waals surface area contributed by atoms with Crippen molar-refractivity contribution >= 4 is 28.3 Å². The highest BCUT2D eigenvalue weighted by Crippen LogP contribution is 2.25. The van der Waals surface area contributed by atoms with Crippen molar-refractivity contribution in [1.82, 2.24) is 0 Å². The van der Waals surface area contributed by atoms with Crippen LogP contribution in [0.15, 0.2) is 60.7 Å². The molecule has 0 aliphatic heterocycles. The number of aromatic hydroxyl groups is 1. The molecule has 3 aromatic carbocycles. The molecule has 1 amide bonds. The quantitative estimate of drug-likeness (QED) is 0.602. The molecule has 3 rings (SSSR count).